The third-order valence-corrected chi connectivity index (χ3v) is 6.22. The molecular formula is C24H26N4O3. The minimum Gasteiger partial charge on any atom is -0.378 e. The molecule has 1 atom stereocenters. The van der Waals surface area contributed by atoms with Gasteiger partial charge in [-0.1, -0.05) is 11.2 Å². The van der Waals surface area contributed by atoms with Gasteiger partial charge in [0.25, 0.3) is 0 Å². The van der Waals surface area contributed by atoms with Crippen molar-refractivity contribution < 1.29 is 14.1 Å². The Hall–Kier alpha value is -3.19. The molecule has 3 heterocycles. The molecule has 0 spiro atoms. The number of carbonyl (C=O) groups excluding carboxylic acids is 1. The first kappa shape index (κ1) is 19.8. The molecule has 2 aliphatic heterocycles. The van der Waals surface area contributed by atoms with E-state index in [9.17, 15) is 4.79 Å². The molecule has 7 nitrogen and oxygen atoms in total. The lowest BCUT2D eigenvalue weighted by atomic mass is 10.1. The van der Waals surface area contributed by atoms with Gasteiger partial charge >= 0.3 is 0 Å². The van der Waals surface area contributed by atoms with Crippen LogP contribution in [-0.2, 0) is 9.53 Å². The van der Waals surface area contributed by atoms with Gasteiger partial charge in [0.2, 0.25) is 17.6 Å². The molecule has 0 bridgehead atoms. The van der Waals surface area contributed by atoms with Gasteiger partial charge in [0, 0.05) is 43.0 Å². The number of amides is 1. The fourth-order valence-corrected chi connectivity index (χ4v) is 4.18. The number of morpholine rings is 1. The summed E-state index contributed by atoms with van der Waals surface area (Å²) in [5, 5.41) is 4.17. The van der Waals surface area contributed by atoms with Crippen LogP contribution in [0.1, 0.15) is 29.4 Å². The molecular weight excluding hydrogens is 392 g/mol. The summed E-state index contributed by atoms with van der Waals surface area (Å²) in [7, 11) is 0. The van der Waals surface area contributed by atoms with Gasteiger partial charge in [-0.2, -0.15) is 4.98 Å². The van der Waals surface area contributed by atoms with E-state index in [1.54, 1.807) is 0 Å². The highest BCUT2D eigenvalue weighted by atomic mass is 16.5. The lowest BCUT2D eigenvalue weighted by Gasteiger charge is -2.28. The highest BCUT2D eigenvalue weighted by Crippen LogP contribution is 2.33. The molecule has 0 saturated carbocycles. The molecule has 1 amide bonds. The maximum absolute atomic E-state index is 12.6. The molecule has 160 valence electrons. The highest BCUT2D eigenvalue weighted by Gasteiger charge is 2.35. The van der Waals surface area contributed by atoms with Gasteiger partial charge in [-0.05, 0) is 61.4 Å². The van der Waals surface area contributed by atoms with Crippen molar-refractivity contribution in [2.24, 2.45) is 0 Å². The van der Waals surface area contributed by atoms with Crippen LogP contribution in [0.2, 0.25) is 0 Å². The van der Waals surface area contributed by atoms with Crippen LogP contribution in [-0.4, -0.2) is 48.9 Å². The summed E-state index contributed by atoms with van der Waals surface area (Å²) in [5.74, 6) is 1.07. The second-order valence-electron chi connectivity index (χ2n) is 8.28. The third kappa shape index (κ3) is 3.93. The van der Waals surface area contributed by atoms with Crippen molar-refractivity contribution in [1.29, 1.82) is 0 Å². The Labute approximate surface area is 181 Å². The van der Waals surface area contributed by atoms with E-state index in [2.05, 4.69) is 53.2 Å². The number of aryl methyl sites for hydroxylation is 2. The molecule has 3 aromatic rings. The van der Waals surface area contributed by atoms with Crippen LogP contribution < -0.4 is 9.80 Å². The van der Waals surface area contributed by atoms with Crippen molar-refractivity contribution in [1.82, 2.24) is 10.1 Å². The fourth-order valence-electron chi connectivity index (χ4n) is 4.18. The maximum Gasteiger partial charge on any atom is 0.232 e. The van der Waals surface area contributed by atoms with Gasteiger partial charge in [-0.3, -0.25) is 4.79 Å². The van der Waals surface area contributed by atoms with Crippen LogP contribution in [0.15, 0.2) is 47.0 Å². The zero-order valence-electron chi connectivity index (χ0n) is 17.9. The molecule has 2 fully saturated rings. The molecule has 7 heteroatoms. The van der Waals surface area contributed by atoms with Gasteiger partial charge in [0.1, 0.15) is 0 Å². The average Bonchev–Trinajstić information content (AvgIpc) is 3.44. The SMILES string of the molecule is Cc1ccc(N2CC(c3nc(-c4ccc(N5CCOCC5)cc4)no3)CC2=O)cc1C. The summed E-state index contributed by atoms with van der Waals surface area (Å²) in [6.07, 6.45) is 0.379. The van der Waals surface area contributed by atoms with Crippen molar-refractivity contribution >= 4 is 17.3 Å². The first-order valence-corrected chi connectivity index (χ1v) is 10.7. The average molecular weight is 418 g/mol. The monoisotopic (exact) mass is 418 g/mol. The number of hydrogen-bond acceptors (Lipinski definition) is 6. The van der Waals surface area contributed by atoms with Crippen LogP contribution in [0, 0.1) is 13.8 Å². The quantitative estimate of drug-likeness (QED) is 0.643. The number of aromatic nitrogens is 2. The lowest BCUT2D eigenvalue weighted by molar-refractivity contribution is -0.117. The maximum atomic E-state index is 12.6. The van der Waals surface area contributed by atoms with Gasteiger partial charge in [0.15, 0.2) is 0 Å². The van der Waals surface area contributed by atoms with Gasteiger partial charge in [-0.25, -0.2) is 0 Å². The van der Waals surface area contributed by atoms with E-state index in [0.29, 0.717) is 24.7 Å². The molecule has 1 aromatic heterocycles. The molecule has 0 aliphatic carbocycles. The summed E-state index contributed by atoms with van der Waals surface area (Å²) in [5.41, 5.74) is 5.39. The number of ether oxygens (including phenoxy) is 1. The molecule has 31 heavy (non-hydrogen) atoms. The van der Waals surface area contributed by atoms with E-state index < -0.39 is 0 Å². The standard InChI is InChI=1S/C24H26N4O3/c1-16-3-6-21(13-17(16)2)28-15-19(14-22(28)29)24-25-23(26-31-24)18-4-7-20(8-5-18)27-9-11-30-12-10-27/h3-8,13,19H,9-12,14-15H2,1-2H3. The molecule has 1 unspecified atom stereocenters. The zero-order valence-corrected chi connectivity index (χ0v) is 17.9. The fraction of sp³-hybridized carbons (Fsp3) is 0.375. The molecule has 0 N–H and O–H groups in total. The van der Waals surface area contributed by atoms with E-state index in [4.69, 9.17) is 9.26 Å². The van der Waals surface area contributed by atoms with E-state index in [1.807, 2.05) is 23.1 Å². The normalized spacial score (nSPS) is 19.3. The summed E-state index contributed by atoms with van der Waals surface area (Å²) in [6, 6.07) is 14.3. The van der Waals surface area contributed by atoms with Gasteiger partial charge in [0.05, 0.1) is 19.1 Å². The Balaban J connectivity index is 1.30. The first-order chi connectivity index (χ1) is 15.1. The second kappa shape index (κ2) is 8.15. The van der Waals surface area contributed by atoms with Crippen LogP contribution in [0.5, 0.6) is 0 Å². The predicted octanol–water partition coefficient (Wildman–Crippen LogP) is 3.71. The van der Waals surface area contributed by atoms with E-state index >= 15 is 0 Å². The summed E-state index contributed by atoms with van der Waals surface area (Å²) < 4.78 is 11.0. The van der Waals surface area contributed by atoms with Crippen LogP contribution in [0.25, 0.3) is 11.4 Å². The number of nitrogens with zero attached hydrogens (tertiary/aromatic N) is 4. The Kier molecular flexibility index (Phi) is 5.19. The topological polar surface area (TPSA) is 71.7 Å². The Morgan fingerprint density at radius 1 is 0.968 bits per heavy atom. The van der Waals surface area contributed by atoms with Crippen LogP contribution >= 0.6 is 0 Å². The van der Waals surface area contributed by atoms with Crippen molar-refractivity contribution in [3.63, 3.8) is 0 Å². The summed E-state index contributed by atoms with van der Waals surface area (Å²) >= 11 is 0. The van der Waals surface area contributed by atoms with E-state index in [0.717, 1.165) is 37.6 Å². The predicted molar refractivity (Wildman–Crippen MR) is 118 cm³/mol. The number of benzene rings is 2. The van der Waals surface area contributed by atoms with Crippen molar-refractivity contribution in [3.05, 3.63) is 59.5 Å². The first-order valence-electron chi connectivity index (χ1n) is 10.7. The number of hydrogen-bond donors (Lipinski definition) is 0. The van der Waals surface area contributed by atoms with Crippen LogP contribution in [0.4, 0.5) is 11.4 Å². The molecule has 0 radical (unpaired) electrons. The summed E-state index contributed by atoms with van der Waals surface area (Å²) in [4.78, 5) is 21.4. The van der Waals surface area contributed by atoms with Crippen molar-refractivity contribution in [2.75, 3.05) is 42.6 Å². The summed E-state index contributed by atoms with van der Waals surface area (Å²) in [6.45, 7) is 8.01. The number of anilines is 2. The Bertz CT molecular complexity index is 1090. The van der Waals surface area contributed by atoms with Crippen molar-refractivity contribution in [2.45, 2.75) is 26.2 Å². The molecule has 2 aromatic carbocycles. The second-order valence-corrected chi connectivity index (χ2v) is 8.28. The lowest BCUT2D eigenvalue weighted by Crippen LogP contribution is -2.36. The highest BCUT2D eigenvalue weighted by molar-refractivity contribution is 5.96. The van der Waals surface area contributed by atoms with Gasteiger partial charge < -0.3 is 19.1 Å². The Morgan fingerprint density at radius 3 is 2.45 bits per heavy atom. The molecule has 5 rings (SSSR count). The molecule has 2 aliphatic rings. The Morgan fingerprint density at radius 2 is 1.71 bits per heavy atom. The number of carbonyl (C=O) groups is 1. The van der Waals surface area contributed by atoms with Crippen LogP contribution in [0.3, 0.4) is 0 Å². The minimum absolute atomic E-state index is 0.0860. The third-order valence-electron chi connectivity index (χ3n) is 6.22. The van der Waals surface area contributed by atoms with Gasteiger partial charge in [-0.15, -0.1) is 0 Å². The smallest absolute Gasteiger partial charge is 0.232 e. The molecule has 2 saturated heterocycles. The zero-order chi connectivity index (χ0) is 21.4. The van der Waals surface area contributed by atoms with E-state index in [-0.39, 0.29) is 11.8 Å². The van der Waals surface area contributed by atoms with Crippen molar-refractivity contribution in [3.8, 4) is 11.4 Å². The minimum atomic E-state index is -0.0945. The number of rotatable bonds is 4. The van der Waals surface area contributed by atoms with E-state index in [1.165, 1.54) is 16.8 Å². The largest absolute Gasteiger partial charge is 0.378 e.